The second-order valence-corrected chi connectivity index (χ2v) is 2.66. The van der Waals surface area contributed by atoms with Crippen LogP contribution in [-0.4, -0.2) is 4.98 Å². The van der Waals surface area contributed by atoms with E-state index in [1.54, 1.807) is 12.1 Å². The first-order valence-electron chi connectivity index (χ1n) is 3.81. The minimum absolute atomic E-state index is 0.0213. The third-order valence-corrected chi connectivity index (χ3v) is 1.67. The molecule has 15 heavy (non-hydrogen) atoms. The summed E-state index contributed by atoms with van der Waals surface area (Å²) < 4.78 is 36.3. The predicted octanol–water partition coefficient (Wildman–Crippen LogP) is 2.23. The monoisotopic (exact) mass is 211 g/mol. The lowest BCUT2D eigenvalue weighted by atomic mass is 10.1. The lowest BCUT2D eigenvalue weighted by Crippen LogP contribution is -2.06. The SMILES string of the molecule is N#CC(C#N)c1ccc(C(F)(F)F)cn1. The summed E-state index contributed by atoms with van der Waals surface area (Å²) in [7, 11) is 0. The van der Waals surface area contributed by atoms with Gasteiger partial charge in [0.1, 0.15) is 0 Å². The Morgan fingerprint density at radius 1 is 1.20 bits per heavy atom. The van der Waals surface area contributed by atoms with Crippen molar-refractivity contribution in [3.8, 4) is 12.1 Å². The molecule has 0 aliphatic rings. The molecule has 0 aromatic carbocycles. The molecule has 0 N–H and O–H groups in total. The lowest BCUT2D eigenvalue weighted by Gasteiger charge is -2.06. The number of alkyl halides is 3. The molecule has 1 aromatic heterocycles. The summed E-state index contributed by atoms with van der Waals surface area (Å²) in [5.74, 6) is -1.13. The van der Waals surface area contributed by atoms with Gasteiger partial charge in [0.2, 0.25) is 0 Å². The molecule has 0 spiro atoms. The second kappa shape index (κ2) is 3.97. The molecular weight excluding hydrogens is 207 g/mol. The average Bonchev–Trinajstić information content (AvgIpc) is 2.19. The minimum atomic E-state index is -4.46. The van der Waals surface area contributed by atoms with Gasteiger partial charge in [-0.25, -0.2) is 0 Å². The fourth-order valence-electron chi connectivity index (χ4n) is 0.905. The van der Waals surface area contributed by atoms with E-state index in [2.05, 4.69) is 4.98 Å². The highest BCUT2D eigenvalue weighted by atomic mass is 19.4. The van der Waals surface area contributed by atoms with Gasteiger partial charge in [-0.15, -0.1) is 0 Å². The van der Waals surface area contributed by atoms with Crippen molar-refractivity contribution in [2.24, 2.45) is 0 Å². The van der Waals surface area contributed by atoms with Gasteiger partial charge in [-0.1, -0.05) is 0 Å². The number of nitrogens with zero attached hydrogens (tertiary/aromatic N) is 3. The van der Waals surface area contributed by atoms with Crippen LogP contribution in [0.5, 0.6) is 0 Å². The van der Waals surface area contributed by atoms with E-state index >= 15 is 0 Å². The Labute approximate surface area is 83.4 Å². The number of nitriles is 2. The van der Waals surface area contributed by atoms with Crippen LogP contribution in [0.15, 0.2) is 18.3 Å². The van der Waals surface area contributed by atoms with Gasteiger partial charge in [0.25, 0.3) is 0 Å². The summed E-state index contributed by atoms with van der Waals surface area (Å²) in [5.41, 5.74) is -0.881. The standard InChI is InChI=1S/C9H4F3N3/c10-9(11,12)7-1-2-8(15-5-7)6(3-13)4-14/h1-2,5-6H. The summed E-state index contributed by atoms with van der Waals surface area (Å²) in [5, 5.41) is 16.9. The highest BCUT2D eigenvalue weighted by molar-refractivity contribution is 5.27. The summed E-state index contributed by atoms with van der Waals surface area (Å²) in [6, 6.07) is 5.07. The maximum absolute atomic E-state index is 12.1. The van der Waals surface area contributed by atoms with E-state index in [9.17, 15) is 13.2 Å². The lowest BCUT2D eigenvalue weighted by molar-refractivity contribution is -0.137. The normalized spacial score (nSPS) is 10.8. The van der Waals surface area contributed by atoms with Crippen LogP contribution in [0, 0.1) is 22.7 Å². The number of halogens is 3. The van der Waals surface area contributed by atoms with E-state index in [0.29, 0.717) is 6.20 Å². The average molecular weight is 211 g/mol. The van der Waals surface area contributed by atoms with Crippen LogP contribution in [0.4, 0.5) is 13.2 Å². The number of rotatable bonds is 1. The molecule has 0 saturated heterocycles. The van der Waals surface area contributed by atoms with Crippen LogP contribution in [0.25, 0.3) is 0 Å². The number of hydrogen-bond donors (Lipinski definition) is 0. The summed E-state index contributed by atoms with van der Waals surface area (Å²) in [6.45, 7) is 0. The van der Waals surface area contributed by atoms with Crippen LogP contribution >= 0.6 is 0 Å². The molecule has 76 valence electrons. The Balaban J connectivity index is 3.02. The number of hydrogen-bond acceptors (Lipinski definition) is 3. The number of aromatic nitrogens is 1. The second-order valence-electron chi connectivity index (χ2n) is 2.66. The first-order valence-corrected chi connectivity index (χ1v) is 3.81. The Bertz CT molecular complexity index is 408. The molecule has 0 saturated carbocycles. The van der Waals surface area contributed by atoms with Gasteiger partial charge in [-0.05, 0) is 12.1 Å². The van der Waals surface area contributed by atoms with Crippen LogP contribution in [0.2, 0.25) is 0 Å². The van der Waals surface area contributed by atoms with Crippen molar-refractivity contribution in [2.45, 2.75) is 12.1 Å². The Morgan fingerprint density at radius 2 is 1.80 bits per heavy atom. The highest BCUT2D eigenvalue weighted by Gasteiger charge is 2.30. The van der Waals surface area contributed by atoms with E-state index in [0.717, 1.165) is 12.1 Å². The van der Waals surface area contributed by atoms with Crippen LogP contribution in [0.1, 0.15) is 17.2 Å². The quantitative estimate of drug-likeness (QED) is 0.715. The van der Waals surface area contributed by atoms with Crippen LogP contribution < -0.4 is 0 Å². The van der Waals surface area contributed by atoms with E-state index in [-0.39, 0.29) is 5.69 Å². The van der Waals surface area contributed by atoms with Crippen molar-refractivity contribution in [1.29, 1.82) is 10.5 Å². The summed E-state index contributed by atoms with van der Waals surface area (Å²) in [4.78, 5) is 3.42. The van der Waals surface area contributed by atoms with E-state index in [4.69, 9.17) is 10.5 Å². The third-order valence-electron chi connectivity index (χ3n) is 1.67. The molecule has 1 heterocycles. The van der Waals surface area contributed by atoms with Gasteiger partial charge in [-0.3, -0.25) is 4.98 Å². The van der Waals surface area contributed by atoms with Gasteiger partial charge in [0.15, 0.2) is 5.92 Å². The minimum Gasteiger partial charge on any atom is -0.258 e. The van der Waals surface area contributed by atoms with E-state index in [1.807, 2.05) is 0 Å². The molecule has 0 aliphatic carbocycles. The Hall–Kier alpha value is -2.08. The van der Waals surface area contributed by atoms with Gasteiger partial charge in [0, 0.05) is 6.20 Å². The maximum Gasteiger partial charge on any atom is 0.417 e. The topological polar surface area (TPSA) is 60.5 Å². The zero-order chi connectivity index (χ0) is 11.5. The fraction of sp³-hybridized carbons (Fsp3) is 0.222. The largest absolute Gasteiger partial charge is 0.417 e. The molecule has 1 aromatic rings. The Kier molecular flexibility index (Phi) is 2.91. The van der Waals surface area contributed by atoms with Crippen molar-refractivity contribution in [3.05, 3.63) is 29.6 Å². The molecule has 3 nitrogen and oxygen atoms in total. The summed E-state index contributed by atoms with van der Waals surface area (Å²) in [6.07, 6.45) is -3.85. The molecule has 0 aliphatic heterocycles. The van der Waals surface area contributed by atoms with Crippen molar-refractivity contribution >= 4 is 0 Å². The molecule has 0 bridgehead atoms. The molecule has 0 amide bonds. The molecule has 1 rings (SSSR count). The van der Waals surface area contributed by atoms with Crippen LogP contribution in [-0.2, 0) is 6.18 Å². The van der Waals surface area contributed by atoms with Gasteiger partial charge in [-0.2, -0.15) is 23.7 Å². The fourth-order valence-corrected chi connectivity index (χ4v) is 0.905. The van der Waals surface area contributed by atoms with Crippen molar-refractivity contribution < 1.29 is 13.2 Å². The van der Waals surface area contributed by atoms with Crippen LogP contribution in [0.3, 0.4) is 0 Å². The third kappa shape index (κ3) is 2.44. The highest BCUT2D eigenvalue weighted by Crippen LogP contribution is 2.28. The molecular formula is C9H4F3N3. The molecule has 6 heteroatoms. The van der Waals surface area contributed by atoms with Gasteiger partial charge >= 0.3 is 6.18 Å². The van der Waals surface area contributed by atoms with Crippen molar-refractivity contribution in [3.63, 3.8) is 0 Å². The van der Waals surface area contributed by atoms with Gasteiger partial charge < -0.3 is 0 Å². The smallest absolute Gasteiger partial charge is 0.258 e. The molecule has 0 unspecified atom stereocenters. The van der Waals surface area contributed by atoms with Crippen molar-refractivity contribution in [1.82, 2.24) is 4.98 Å². The zero-order valence-corrected chi connectivity index (χ0v) is 7.28. The molecule has 0 fully saturated rings. The van der Waals surface area contributed by atoms with E-state index in [1.165, 1.54) is 0 Å². The van der Waals surface area contributed by atoms with Crippen molar-refractivity contribution in [2.75, 3.05) is 0 Å². The first kappa shape index (κ1) is 11.0. The molecule has 0 radical (unpaired) electrons. The zero-order valence-electron chi connectivity index (χ0n) is 7.28. The molecule has 0 atom stereocenters. The summed E-state index contributed by atoms with van der Waals surface area (Å²) >= 11 is 0. The predicted molar refractivity (Wildman–Crippen MR) is 43.2 cm³/mol. The Morgan fingerprint density at radius 3 is 2.13 bits per heavy atom. The van der Waals surface area contributed by atoms with E-state index < -0.39 is 17.7 Å². The van der Waals surface area contributed by atoms with Gasteiger partial charge in [0.05, 0.1) is 23.4 Å². The number of pyridine rings is 1. The first-order chi connectivity index (χ1) is 6.99. The maximum atomic E-state index is 12.1.